The molecule has 3 N–H and O–H groups in total. The third-order valence-corrected chi connectivity index (χ3v) is 5.40. The van der Waals surface area contributed by atoms with Crippen LogP contribution in [0.4, 0.5) is 0 Å². The zero-order chi connectivity index (χ0) is 15.6. The van der Waals surface area contributed by atoms with Gasteiger partial charge in [0.05, 0.1) is 11.4 Å². The Labute approximate surface area is 129 Å². The molecule has 2 aromatic rings. The van der Waals surface area contributed by atoms with Crippen molar-refractivity contribution in [3.8, 4) is 0 Å². The van der Waals surface area contributed by atoms with Gasteiger partial charge < -0.3 is 5.73 Å². The van der Waals surface area contributed by atoms with Gasteiger partial charge in [0.15, 0.2) is 0 Å². The first-order valence-corrected chi connectivity index (χ1v) is 8.12. The Bertz CT molecular complexity index is 725. The fourth-order valence-electron chi connectivity index (χ4n) is 2.04. The van der Waals surface area contributed by atoms with Crippen molar-refractivity contribution >= 4 is 21.6 Å². The maximum atomic E-state index is 12.6. The van der Waals surface area contributed by atoms with Crippen molar-refractivity contribution < 1.29 is 8.42 Å². The minimum absolute atomic E-state index is 0.0632. The van der Waals surface area contributed by atoms with Gasteiger partial charge >= 0.3 is 0 Å². The van der Waals surface area contributed by atoms with Crippen molar-refractivity contribution in [2.75, 3.05) is 7.05 Å². The van der Waals surface area contributed by atoms with E-state index in [1.165, 1.54) is 11.4 Å². The normalized spacial score (nSPS) is 12.0. The molecule has 6 nitrogen and oxygen atoms in total. The van der Waals surface area contributed by atoms with Gasteiger partial charge in [-0.3, -0.25) is 5.10 Å². The molecule has 0 saturated heterocycles. The van der Waals surface area contributed by atoms with Crippen molar-refractivity contribution in [1.82, 2.24) is 14.5 Å². The van der Waals surface area contributed by atoms with Crippen LogP contribution < -0.4 is 5.73 Å². The van der Waals surface area contributed by atoms with E-state index >= 15 is 0 Å². The molecular weight excluding hydrogens is 312 g/mol. The summed E-state index contributed by atoms with van der Waals surface area (Å²) in [4.78, 5) is 0.154. The second-order valence-electron chi connectivity index (χ2n) is 4.72. The fourth-order valence-corrected chi connectivity index (χ4v) is 3.65. The quantitative estimate of drug-likeness (QED) is 0.873. The predicted octanol–water partition coefficient (Wildman–Crippen LogP) is 1.65. The Morgan fingerprint density at radius 3 is 2.52 bits per heavy atom. The molecular formula is C13H17ClN4O2S. The number of aromatic nitrogens is 2. The van der Waals surface area contributed by atoms with E-state index in [1.54, 1.807) is 31.2 Å². The van der Waals surface area contributed by atoms with Crippen LogP contribution in [0, 0.1) is 6.92 Å². The number of hydrogen-bond donors (Lipinski definition) is 2. The number of nitrogens with one attached hydrogen (secondary N) is 1. The number of aryl methyl sites for hydroxylation is 1. The maximum absolute atomic E-state index is 12.6. The summed E-state index contributed by atoms with van der Waals surface area (Å²) in [5, 5.41) is 7.21. The standard InChI is InChI=1S/C13H17ClN4O2S/c1-9-13(12(7-15)17-16-9)21(19,20)18(2)8-10-3-5-11(14)6-4-10/h3-6H,7-8,15H2,1-2H3,(H,16,17). The van der Waals surface area contributed by atoms with Gasteiger partial charge in [-0.2, -0.15) is 9.40 Å². The molecule has 0 aliphatic heterocycles. The lowest BCUT2D eigenvalue weighted by Gasteiger charge is -2.17. The van der Waals surface area contributed by atoms with Crippen LogP contribution in [0.3, 0.4) is 0 Å². The fraction of sp³-hybridized carbons (Fsp3) is 0.308. The predicted molar refractivity (Wildman–Crippen MR) is 81.3 cm³/mol. The third kappa shape index (κ3) is 3.26. The van der Waals surface area contributed by atoms with Crippen molar-refractivity contribution in [3.05, 3.63) is 46.2 Å². The molecule has 0 amide bonds. The summed E-state index contributed by atoms with van der Waals surface area (Å²) in [5.41, 5.74) is 7.23. The SMILES string of the molecule is Cc1[nH]nc(CN)c1S(=O)(=O)N(C)Cc1ccc(Cl)cc1. The van der Waals surface area contributed by atoms with Crippen LogP contribution in [-0.2, 0) is 23.1 Å². The van der Waals surface area contributed by atoms with Gasteiger partial charge in [-0.25, -0.2) is 8.42 Å². The van der Waals surface area contributed by atoms with Gasteiger partial charge in [0.25, 0.3) is 0 Å². The van der Waals surface area contributed by atoms with Crippen LogP contribution >= 0.6 is 11.6 Å². The van der Waals surface area contributed by atoms with E-state index in [0.29, 0.717) is 16.4 Å². The lowest BCUT2D eigenvalue weighted by molar-refractivity contribution is 0.465. The highest BCUT2D eigenvalue weighted by molar-refractivity contribution is 7.89. The third-order valence-electron chi connectivity index (χ3n) is 3.14. The van der Waals surface area contributed by atoms with E-state index < -0.39 is 10.0 Å². The maximum Gasteiger partial charge on any atom is 0.246 e. The molecule has 21 heavy (non-hydrogen) atoms. The van der Waals surface area contributed by atoms with Crippen LogP contribution in [0.1, 0.15) is 17.0 Å². The van der Waals surface area contributed by atoms with Gasteiger partial charge in [0.1, 0.15) is 4.90 Å². The summed E-state index contributed by atoms with van der Waals surface area (Å²) < 4.78 is 26.6. The van der Waals surface area contributed by atoms with Crippen molar-refractivity contribution in [1.29, 1.82) is 0 Å². The average Bonchev–Trinajstić information content (AvgIpc) is 2.83. The van der Waals surface area contributed by atoms with Crippen LogP contribution in [-0.4, -0.2) is 30.0 Å². The number of benzene rings is 1. The molecule has 0 aliphatic rings. The molecule has 1 heterocycles. The zero-order valence-corrected chi connectivity index (χ0v) is 13.4. The minimum Gasteiger partial charge on any atom is -0.325 e. The highest BCUT2D eigenvalue weighted by atomic mass is 35.5. The average molecular weight is 329 g/mol. The molecule has 2 rings (SSSR count). The molecule has 0 spiro atoms. The number of rotatable bonds is 5. The zero-order valence-electron chi connectivity index (χ0n) is 11.8. The lowest BCUT2D eigenvalue weighted by Crippen LogP contribution is -2.28. The van der Waals surface area contributed by atoms with Crippen LogP contribution in [0.25, 0.3) is 0 Å². The summed E-state index contributed by atoms with van der Waals surface area (Å²) >= 11 is 5.82. The number of halogens is 1. The van der Waals surface area contributed by atoms with E-state index in [0.717, 1.165) is 5.56 Å². The first-order chi connectivity index (χ1) is 9.86. The van der Waals surface area contributed by atoms with Crippen molar-refractivity contribution in [2.45, 2.75) is 24.9 Å². The Kier molecular flexibility index (Phi) is 4.67. The molecule has 0 aliphatic carbocycles. The molecule has 1 aromatic carbocycles. The summed E-state index contributed by atoms with van der Waals surface area (Å²) in [6.45, 7) is 1.97. The van der Waals surface area contributed by atoms with E-state index in [2.05, 4.69) is 10.2 Å². The Balaban J connectivity index is 2.30. The van der Waals surface area contributed by atoms with Crippen LogP contribution in [0.2, 0.25) is 5.02 Å². The second-order valence-corrected chi connectivity index (χ2v) is 7.13. The van der Waals surface area contributed by atoms with Gasteiger partial charge in [-0.15, -0.1) is 0 Å². The van der Waals surface area contributed by atoms with Crippen molar-refractivity contribution in [3.63, 3.8) is 0 Å². The largest absolute Gasteiger partial charge is 0.325 e. The van der Waals surface area contributed by atoms with Crippen LogP contribution in [0.5, 0.6) is 0 Å². The number of nitrogens with two attached hydrogens (primary N) is 1. The number of H-pyrrole nitrogens is 1. The highest BCUT2D eigenvalue weighted by Gasteiger charge is 2.28. The van der Waals surface area contributed by atoms with Gasteiger partial charge in [-0.05, 0) is 24.6 Å². The van der Waals surface area contributed by atoms with Crippen LogP contribution in [0.15, 0.2) is 29.2 Å². The van der Waals surface area contributed by atoms with Crippen molar-refractivity contribution in [2.24, 2.45) is 5.73 Å². The number of nitrogens with zero attached hydrogens (tertiary/aromatic N) is 2. The van der Waals surface area contributed by atoms with E-state index in [1.807, 2.05) is 0 Å². The smallest absolute Gasteiger partial charge is 0.246 e. The number of aromatic amines is 1. The first kappa shape index (κ1) is 16.0. The molecule has 0 atom stereocenters. The molecule has 114 valence electrons. The molecule has 0 bridgehead atoms. The summed E-state index contributed by atoms with van der Waals surface area (Å²) in [6, 6.07) is 7.04. The van der Waals surface area contributed by atoms with E-state index in [-0.39, 0.29) is 18.0 Å². The topological polar surface area (TPSA) is 92.1 Å². The molecule has 0 saturated carbocycles. The van der Waals surface area contributed by atoms with Gasteiger partial charge in [-0.1, -0.05) is 23.7 Å². The molecule has 0 fully saturated rings. The Hall–Kier alpha value is -1.41. The van der Waals surface area contributed by atoms with Gasteiger partial charge in [0, 0.05) is 25.2 Å². The number of sulfonamides is 1. The Morgan fingerprint density at radius 1 is 1.33 bits per heavy atom. The second kappa shape index (κ2) is 6.15. The summed E-state index contributed by atoms with van der Waals surface area (Å²) in [5.74, 6) is 0. The van der Waals surface area contributed by atoms with E-state index in [9.17, 15) is 8.42 Å². The Morgan fingerprint density at radius 2 is 1.95 bits per heavy atom. The molecule has 1 aromatic heterocycles. The first-order valence-electron chi connectivity index (χ1n) is 6.31. The summed E-state index contributed by atoms with van der Waals surface area (Å²) in [7, 11) is -2.13. The summed E-state index contributed by atoms with van der Waals surface area (Å²) in [6.07, 6.45) is 0. The van der Waals surface area contributed by atoms with E-state index in [4.69, 9.17) is 17.3 Å². The molecule has 0 unspecified atom stereocenters. The lowest BCUT2D eigenvalue weighted by atomic mass is 10.2. The monoisotopic (exact) mass is 328 g/mol. The minimum atomic E-state index is -3.65. The van der Waals surface area contributed by atoms with Gasteiger partial charge in [0.2, 0.25) is 10.0 Å². The molecule has 8 heteroatoms. The highest BCUT2D eigenvalue weighted by Crippen LogP contribution is 2.22. The molecule has 0 radical (unpaired) electrons. The number of hydrogen-bond acceptors (Lipinski definition) is 4.